The van der Waals surface area contributed by atoms with Crippen LogP contribution in [0.3, 0.4) is 0 Å². The van der Waals surface area contributed by atoms with Gasteiger partial charge in [-0.3, -0.25) is 4.79 Å². The molecule has 1 aromatic heterocycles. The molecule has 0 spiro atoms. The molecule has 0 aliphatic rings. The zero-order valence-corrected chi connectivity index (χ0v) is 9.98. The standard InChI is InChI=1S/C13H13NO3/c1-8(15)9-4-5-12-10(6-9)11(7-14(12)2)13(16)17-3/h4-7H,1-3H3. The zero-order chi connectivity index (χ0) is 12.6. The summed E-state index contributed by atoms with van der Waals surface area (Å²) in [5.41, 5.74) is 1.97. The number of methoxy groups -OCH3 is 1. The van der Waals surface area contributed by atoms with E-state index in [4.69, 9.17) is 4.74 Å². The minimum Gasteiger partial charge on any atom is -0.465 e. The first kappa shape index (κ1) is 11.4. The Morgan fingerprint density at radius 2 is 2.00 bits per heavy atom. The average Bonchev–Trinajstić information content (AvgIpc) is 2.65. The van der Waals surface area contributed by atoms with E-state index in [1.807, 2.05) is 17.7 Å². The second-order valence-corrected chi connectivity index (χ2v) is 3.93. The predicted molar refractivity (Wildman–Crippen MR) is 64.3 cm³/mol. The molecule has 0 atom stereocenters. The number of fused-ring (bicyclic) bond motifs is 1. The van der Waals surface area contributed by atoms with Crippen LogP contribution in [0.4, 0.5) is 0 Å². The molecule has 0 radical (unpaired) electrons. The summed E-state index contributed by atoms with van der Waals surface area (Å²) in [5, 5.41) is 0.743. The van der Waals surface area contributed by atoms with Crippen LogP contribution in [0.15, 0.2) is 24.4 Å². The first-order chi connectivity index (χ1) is 8.04. The highest BCUT2D eigenvalue weighted by Gasteiger charge is 2.15. The molecule has 2 rings (SSSR count). The van der Waals surface area contributed by atoms with Crippen LogP contribution in [0.25, 0.3) is 10.9 Å². The van der Waals surface area contributed by atoms with E-state index in [-0.39, 0.29) is 5.78 Å². The van der Waals surface area contributed by atoms with Crippen molar-refractivity contribution in [1.29, 1.82) is 0 Å². The lowest BCUT2D eigenvalue weighted by Gasteiger charge is -1.99. The van der Waals surface area contributed by atoms with Gasteiger partial charge in [-0.25, -0.2) is 4.79 Å². The molecule has 0 amide bonds. The third-order valence-electron chi connectivity index (χ3n) is 2.80. The highest BCUT2D eigenvalue weighted by atomic mass is 16.5. The van der Waals surface area contributed by atoms with Crippen molar-refractivity contribution in [2.24, 2.45) is 7.05 Å². The molecule has 0 aliphatic heterocycles. The van der Waals surface area contributed by atoms with Crippen LogP contribution < -0.4 is 0 Å². The van der Waals surface area contributed by atoms with Crippen molar-refractivity contribution in [1.82, 2.24) is 4.57 Å². The maximum atomic E-state index is 11.6. The second kappa shape index (κ2) is 4.05. The largest absolute Gasteiger partial charge is 0.465 e. The first-order valence-electron chi connectivity index (χ1n) is 5.23. The van der Waals surface area contributed by atoms with E-state index in [1.165, 1.54) is 14.0 Å². The number of esters is 1. The molecule has 0 N–H and O–H groups in total. The lowest BCUT2D eigenvalue weighted by Crippen LogP contribution is -2.00. The molecule has 0 saturated heterocycles. The van der Waals surface area contributed by atoms with E-state index in [2.05, 4.69) is 0 Å². The number of hydrogen-bond donors (Lipinski definition) is 0. The van der Waals surface area contributed by atoms with Crippen molar-refractivity contribution < 1.29 is 14.3 Å². The lowest BCUT2D eigenvalue weighted by atomic mass is 10.1. The van der Waals surface area contributed by atoms with Gasteiger partial charge in [0.25, 0.3) is 0 Å². The molecule has 0 bridgehead atoms. The number of Topliss-reactive ketones (excluding diaryl/α,β-unsaturated/α-hetero) is 1. The summed E-state index contributed by atoms with van der Waals surface area (Å²) >= 11 is 0. The van der Waals surface area contributed by atoms with Crippen LogP contribution in [0.2, 0.25) is 0 Å². The van der Waals surface area contributed by atoms with E-state index >= 15 is 0 Å². The van der Waals surface area contributed by atoms with Gasteiger partial charge in [0, 0.05) is 29.7 Å². The number of carbonyl (C=O) groups excluding carboxylic acids is 2. The van der Waals surface area contributed by atoms with Crippen LogP contribution >= 0.6 is 0 Å². The van der Waals surface area contributed by atoms with Gasteiger partial charge < -0.3 is 9.30 Å². The first-order valence-corrected chi connectivity index (χ1v) is 5.23. The monoisotopic (exact) mass is 231 g/mol. The normalized spacial score (nSPS) is 10.5. The quantitative estimate of drug-likeness (QED) is 0.588. The maximum absolute atomic E-state index is 11.6. The molecule has 1 aromatic carbocycles. The zero-order valence-electron chi connectivity index (χ0n) is 9.98. The molecule has 1 heterocycles. The van der Waals surface area contributed by atoms with Gasteiger partial charge in [-0.2, -0.15) is 0 Å². The van der Waals surface area contributed by atoms with E-state index in [1.54, 1.807) is 18.3 Å². The van der Waals surface area contributed by atoms with Gasteiger partial charge >= 0.3 is 5.97 Å². The third kappa shape index (κ3) is 1.82. The molecule has 88 valence electrons. The van der Waals surface area contributed by atoms with Crippen molar-refractivity contribution in [3.63, 3.8) is 0 Å². The SMILES string of the molecule is COC(=O)c1cn(C)c2ccc(C(C)=O)cc12. The summed E-state index contributed by atoms with van der Waals surface area (Å²) in [6.07, 6.45) is 1.71. The summed E-state index contributed by atoms with van der Waals surface area (Å²) in [5.74, 6) is -0.414. The molecular formula is C13H13NO3. The van der Waals surface area contributed by atoms with Gasteiger partial charge in [-0.05, 0) is 25.1 Å². The number of rotatable bonds is 2. The highest BCUT2D eigenvalue weighted by Crippen LogP contribution is 2.23. The van der Waals surface area contributed by atoms with E-state index in [9.17, 15) is 9.59 Å². The fourth-order valence-corrected chi connectivity index (χ4v) is 1.88. The highest BCUT2D eigenvalue weighted by molar-refractivity contribution is 6.07. The molecule has 4 nitrogen and oxygen atoms in total. The number of carbonyl (C=O) groups is 2. The van der Waals surface area contributed by atoms with E-state index in [0.717, 1.165) is 10.9 Å². The molecule has 0 fully saturated rings. The van der Waals surface area contributed by atoms with Gasteiger partial charge in [0.05, 0.1) is 12.7 Å². The maximum Gasteiger partial charge on any atom is 0.340 e. The Morgan fingerprint density at radius 1 is 1.29 bits per heavy atom. The summed E-state index contributed by atoms with van der Waals surface area (Å²) in [4.78, 5) is 22.9. The number of ether oxygens (including phenoxy) is 1. The van der Waals surface area contributed by atoms with Crippen molar-refractivity contribution in [3.8, 4) is 0 Å². The minimum atomic E-state index is -0.392. The van der Waals surface area contributed by atoms with Crippen LogP contribution in [0.5, 0.6) is 0 Å². The Labute approximate surface area is 98.8 Å². The molecule has 0 saturated carbocycles. The number of nitrogens with zero attached hydrogens (tertiary/aromatic N) is 1. The van der Waals surface area contributed by atoms with Crippen molar-refractivity contribution >= 4 is 22.7 Å². The number of ketones is 1. The van der Waals surface area contributed by atoms with Crippen LogP contribution in [-0.2, 0) is 11.8 Å². The summed E-state index contributed by atoms with van der Waals surface area (Å²) in [6, 6.07) is 5.31. The number of aromatic nitrogens is 1. The lowest BCUT2D eigenvalue weighted by molar-refractivity contribution is 0.0602. The number of hydrogen-bond acceptors (Lipinski definition) is 3. The summed E-state index contributed by atoms with van der Waals surface area (Å²) < 4.78 is 6.56. The number of aryl methyl sites for hydroxylation is 1. The molecule has 0 unspecified atom stereocenters. The minimum absolute atomic E-state index is 0.0217. The van der Waals surface area contributed by atoms with Gasteiger partial charge in [0.1, 0.15) is 0 Å². The van der Waals surface area contributed by atoms with Gasteiger partial charge in [-0.1, -0.05) is 0 Å². The van der Waals surface area contributed by atoms with Crippen molar-refractivity contribution in [3.05, 3.63) is 35.5 Å². The average molecular weight is 231 g/mol. The Hall–Kier alpha value is -2.10. The third-order valence-corrected chi connectivity index (χ3v) is 2.80. The van der Waals surface area contributed by atoms with Gasteiger partial charge in [0.2, 0.25) is 0 Å². The second-order valence-electron chi connectivity index (χ2n) is 3.93. The van der Waals surface area contributed by atoms with Crippen LogP contribution in [-0.4, -0.2) is 23.4 Å². The molecule has 0 aliphatic carbocycles. The van der Waals surface area contributed by atoms with E-state index in [0.29, 0.717) is 11.1 Å². The Kier molecular flexibility index (Phi) is 2.71. The van der Waals surface area contributed by atoms with Crippen LogP contribution in [0.1, 0.15) is 27.6 Å². The summed E-state index contributed by atoms with van der Waals surface area (Å²) in [6.45, 7) is 1.50. The van der Waals surface area contributed by atoms with Crippen molar-refractivity contribution in [2.45, 2.75) is 6.92 Å². The Morgan fingerprint density at radius 3 is 2.59 bits per heavy atom. The molecular weight excluding hydrogens is 218 g/mol. The predicted octanol–water partition coefficient (Wildman–Crippen LogP) is 2.17. The fraction of sp³-hybridized carbons (Fsp3) is 0.231. The Balaban J connectivity index is 2.73. The topological polar surface area (TPSA) is 48.3 Å². The summed E-state index contributed by atoms with van der Waals surface area (Å²) in [7, 11) is 3.19. The van der Waals surface area contributed by atoms with Crippen LogP contribution in [0, 0.1) is 0 Å². The smallest absolute Gasteiger partial charge is 0.340 e. The number of benzene rings is 1. The van der Waals surface area contributed by atoms with Crippen molar-refractivity contribution in [2.75, 3.05) is 7.11 Å². The molecule has 17 heavy (non-hydrogen) atoms. The Bertz CT molecular complexity index is 610. The van der Waals surface area contributed by atoms with Gasteiger partial charge in [-0.15, -0.1) is 0 Å². The fourth-order valence-electron chi connectivity index (χ4n) is 1.88. The molecule has 2 aromatic rings. The van der Waals surface area contributed by atoms with E-state index < -0.39 is 5.97 Å². The van der Waals surface area contributed by atoms with Gasteiger partial charge in [0.15, 0.2) is 5.78 Å². The molecule has 4 heteroatoms.